The molecule has 0 saturated carbocycles. The summed E-state index contributed by atoms with van der Waals surface area (Å²) < 4.78 is 29.2. The van der Waals surface area contributed by atoms with E-state index in [1.165, 1.54) is 0 Å². The molecule has 2 atom stereocenters. The topological polar surface area (TPSA) is 129 Å². The van der Waals surface area contributed by atoms with Crippen LogP contribution in [-0.4, -0.2) is 61.6 Å². The SMILES string of the molecule is COC(=O)C(OC)C(OC)(C(=O)OC)P(=O)(O)O. The van der Waals surface area contributed by atoms with E-state index in [0.717, 1.165) is 28.4 Å². The van der Waals surface area contributed by atoms with Gasteiger partial charge in [-0.05, 0) is 0 Å². The first-order chi connectivity index (χ1) is 8.22. The highest BCUT2D eigenvalue weighted by Crippen LogP contribution is 2.54. The largest absolute Gasteiger partial charge is 0.467 e. The minimum atomic E-state index is -5.24. The second kappa shape index (κ2) is 6.26. The molecule has 0 aliphatic heterocycles. The van der Waals surface area contributed by atoms with Crippen LogP contribution in [0.3, 0.4) is 0 Å². The zero-order chi connectivity index (χ0) is 14.6. The third-order valence-electron chi connectivity index (χ3n) is 2.23. The molecular weight excluding hydrogens is 271 g/mol. The zero-order valence-electron chi connectivity index (χ0n) is 10.3. The van der Waals surface area contributed by atoms with Crippen molar-refractivity contribution in [1.82, 2.24) is 0 Å². The van der Waals surface area contributed by atoms with E-state index in [1.807, 2.05) is 0 Å². The van der Waals surface area contributed by atoms with Crippen molar-refractivity contribution in [2.45, 2.75) is 11.4 Å². The predicted molar refractivity (Wildman–Crippen MR) is 56.6 cm³/mol. The molecule has 0 aliphatic rings. The van der Waals surface area contributed by atoms with Gasteiger partial charge in [0.2, 0.25) is 6.10 Å². The normalized spacial score (nSPS) is 16.6. The summed E-state index contributed by atoms with van der Waals surface area (Å²) in [5.41, 5.74) is 0. The van der Waals surface area contributed by atoms with E-state index >= 15 is 0 Å². The van der Waals surface area contributed by atoms with Crippen LogP contribution in [0.15, 0.2) is 0 Å². The molecule has 0 spiro atoms. The number of rotatable bonds is 6. The van der Waals surface area contributed by atoms with E-state index in [2.05, 4.69) is 18.9 Å². The lowest BCUT2D eigenvalue weighted by Crippen LogP contribution is -2.56. The van der Waals surface area contributed by atoms with E-state index in [4.69, 9.17) is 0 Å². The number of carbonyl (C=O) groups excluding carboxylic acids is 2. The average molecular weight is 286 g/mol. The first-order valence-electron chi connectivity index (χ1n) is 4.52. The monoisotopic (exact) mass is 286 g/mol. The predicted octanol–water partition coefficient (Wildman–Crippen LogP) is -1.13. The van der Waals surface area contributed by atoms with Crippen molar-refractivity contribution in [2.75, 3.05) is 28.4 Å². The summed E-state index contributed by atoms with van der Waals surface area (Å²) in [4.78, 5) is 41.6. The minimum absolute atomic E-state index is 0.838. The minimum Gasteiger partial charge on any atom is -0.467 e. The lowest BCUT2D eigenvalue weighted by molar-refractivity contribution is -0.183. The summed E-state index contributed by atoms with van der Waals surface area (Å²) in [7, 11) is -1.59. The molecule has 0 radical (unpaired) electrons. The van der Waals surface area contributed by atoms with Gasteiger partial charge in [-0.25, -0.2) is 9.59 Å². The summed E-state index contributed by atoms with van der Waals surface area (Å²) in [5.74, 6) is -2.64. The van der Waals surface area contributed by atoms with E-state index < -0.39 is 31.0 Å². The van der Waals surface area contributed by atoms with Crippen LogP contribution in [0.25, 0.3) is 0 Å². The highest BCUT2D eigenvalue weighted by Gasteiger charge is 2.65. The van der Waals surface area contributed by atoms with Crippen LogP contribution < -0.4 is 0 Å². The van der Waals surface area contributed by atoms with Crippen LogP contribution in [0.5, 0.6) is 0 Å². The van der Waals surface area contributed by atoms with Crippen molar-refractivity contribution in [3.8, 4) is 0 Å². The van der Waals surface area contributed by atoms with Gasteiger partial charge in [0.05, 0.1) is 14.2 Å². The van der Waals surface area contributed by atoms with Gasteiger partial charge >= 0.3 is 24.9 Å². The molecule has 2 unspecified atom stereocenters. The third kappa shape index (κ3) is 2.70. The maximum atomic E-state index is 11.6. The Bertz CT molecular complexity index is 362. The number of esters is 2. The molecule has 0 amide bonds. The second-order valence-electron chi connectivity index (χ2n) is 3.08. The molecular formula is C8H15O9P. The molecule has 0 aromatic carbocycles. The molecule has 0 aromatic heterocycles. The van der Waals surface area contributed by atoms with Gasteiger partial charge in [-0.15, -0.1) is 0 Å². The highest BCUT2D eigenvalue weighted by molar-refractivity contribution is 7.54. The quantitative estimate of drug-likeness (QED) is 0.460. The van der Waals surface area contributed by atoms with Crippen molar-refractivity contribution >= 4 is 19.5 Å². The van der Waals surface area contributed by atoms with E-state index in [0.29, 0.717) is 0 Å². The molecule has 106 valence electrons. The Morgan fingerprint density at radius 1 is 1.11 bits per heavy atom. The van der Waals surface area contributed by atoms with Gasteiger partial charge in [0, 0.05) is 14.2 Å². The van der Waals surface area contributed by atoms with Gasteiger partial charge in [-0.2, -0.15) is 0 Å². The third-order valence-corrected chi connectivity index (χ3v) is 3.69. The molecule has 0 heterocycles. The molecule has 2 N–H and O–H groups in total. The van der Waals surface area contributed by atoms with Crippen molar-refractivity contribution in [3.63, 3.8) is 0 Å². The van der Waals surface area contributed by atoms with Gasteiger partial charge in [0.15, 0.2) is 0 Å². The Morgan fingerprint density at radius 2 is 1.61 bits per heavy atom. The maximum Gasteiger partial charge on any atom is 0.372 e. The van der Waals surface area contributed by atoms with E-state index in [1.54, 1.807) is 0 Å². The van der Waals surface area contributed by atoms with Crippen molar-refractivity contribution in [1.29, 1.82) is 0 Å². The van der Waals surface area contributed by atoms with Crippen molar-refractivity contribution in [2.24, 2.45) is 0 Å². The molecule has 10 heteroatoms. The molecule has 0 rings (SSSR count). The van der Waals surface area contributed by atoms with Crippen molar-refractivity contribution < 1.29 is 42.9 Å². The highest BCUT2D eigenvalue weighted by atomic mass is 31.2. The van der Waals surface area contributed by atoms with E-state index in [9.17, 15) is 23.9 Å². The number of hydrogen-bond donors (Lipinski definition) is 2. The van der Waals surface area contributed by atoms with Gasteiger partial charge in [-0.1, -0.05) is 0 Å². The first kappa shape index (κ1) is 17.0. The average Bonchev–Trinajstić information content (AvgIpc) is 2.32. The fourth-order valence-corrected chi connectivity index (χ4v) is 2.44. The lowest BCUT2D eigenvalue weighted by Gasteiger charge is -2.33. The summed E-state index contributed by atoms with van der Waals surface area (Å²) >= 11 is 0. The van der Waals surface area contributed by atoms with Crippen LogP contribution in [0.1, 0.15) is 0 Å². The van der Waals surface area contributed by atoms with Crippen LogP contribution in [0, 0.1) is 0 Å². The van der Waals surface area contributed by atoms with Crippen LogP contribution >= 0.6 is 7.60 Å². The fraction of sp³-hybridized carbons (Fsp3) is 0.750. The van der Waals surface area contributed by atoms with Gasteiger partial charge < -0.3 is 28.7 Å². The Labute approximate surface area is 103 Å². The lowest BCUT2D eigenvalue weighted by atomic mass is 10.2. The first-order valence-corrected chi connectivity index (χ1v) is 6.14. The van der Waals surface area contributed by atoms with Crippen LogP contribution in [0.2, 0.25) is 0 Å². The fourth-order valence-electron chi connectivity index (χ4n) is 1.36. The molecule has 0 aliphatic carbocycles. The number of carbonyl (C=O) groups is 2. The summed E-state index contributed by atoms with van der Waals surface area (Å²) in [6, 6.07) is 0. The Hall–Kier alpha value is -0.990. The molecule has 0 aromatic rings. The molecule has 0 saturated heterocycles. The maximum absolute atomic E-state index is 11.6. The molecule has 0 bridgehead atoms. The number of ether oxygens (including phenoxy) is 4. The summed E-state index contributed by atoms with van der Waals surface area (Å²) in [5, 5.41) is -2.91. The standard InChI is InChI=1S/C8H15O9P/c1-14-5(6(9)15-2)8(17-4,7(10)16-3)18(11,12)13/h5H,1-4H3,(H2,11,12,13). The van der Waals surface area contributed by atoms with E-state index in [-0.39, 0.29) is 0 Å². The Balaban J connectivity index is 5.93. The summed E-state index contributed by atoms with van der Waals surface area (Å²) in [6.07, 6.45) is -1.97. The second-order valence-corrected chi connectivity index (χ2v) is 4.83. The smallest absolute Gasteiger partial charge is 0.372 e. The summed E-state index contributed by atoms with van der Waals surface area (Å²) in [6.45, 7) is 0. The molecule has 0 fully saturated rings. The molecule has 18 heavy (non-hydrogen) atoms. The van der Waals surface area contributed by atoms with Crippen LogP contribution in [-0.2, 0) is 33.1 Å². The number of methoxy groups -OCH3 is 4. The molecule has 9 nitrogen and oxygen atoms in total. The Morgan fingerprint density at radius 3 is 1.83 bits per heavy atom. The Kier molecular flexibility index (Phi) is 5.91. The van der Waals surface area contributed by atoms with Crippen LogP contribution in [0.4, 0.5) is 0 Å². The van der Waals surface area contributed by atoms with Gasteiger partial charge in [0.1, 0.15) is 0 Å². The van der Waals surface area contributed by atoms with Gasteiger partial charge in [0.25, 0.3) is 0 Å². The van der Waals surface area contributed by atoms with Gasteiger partial charge in [-0.3, -0.25) is 4.57 Å². The van der Waals surface area contributed by atoms with Crippen molar-refractivity contribution in [3.05, 3.63) is 0 Å². The zero-order valence-corrected chi connectivity index (χ0v) is 11.2. The number of hydrogen-bond acceptors (Lipinski definition) is 7.